The summed E-state index contributed by atoms with van der Waals surface area (Å²) in [5, 5.41) is 0. The Labute approximate surface area is 201 Å². The molecule has 0 saturated carbocycles. The summed E-state index contributed by atoms with van der Waals surface area (Å²) in [6.45, 7) is 8.42. The molecule has 2 N–H and O–H groups in total. The summed E-state index contributed by atoms with van der Waals surface area (Å²) >= 11 is 0. The molecule has 190 valence electrons. The number of rotatable bonds is 14. The second-order valence-electron chi connectivity index (χ2n) is 8.20. The van der Waals surface area contributed by atoms with E-state index in [0.29, 0.717) is 18.4 Å². The monoisotopic (exact) mass is 479 g/mol. The van der Waals surface area contributed by atoms with Crippen molar-refractivity contribution in [3.8, 4) is 11.5 Å². The average Bonchev–Trinajstić information content (AvgIpc) is 2.77. The van der Waals surface area contributed by atoms with Gasteiger partial charge in [-0.25, -0.2) is 0 Å². The van der Waals surface area contributed by atoms with Gasteiger partial charge in [0.2, 0.25) is 0 Å². The van der Waals surface area contributed by atoms with Crippen LogP contribution in [0.2, 0.25) is 0 Å². The lowest BCUT2D eigenvalue weighted by Crippen LogP contribution is -2.39. The fourth-order valence-corrected chi connectivity index (χ4v) is 2.89. The van der Waals surface area contributed by atoms with Crippen LogP contribution in [0, 0.1) is 0 Å². The van der Waals surface area contributed by atoms with Gasteiger partial charge in [-0.3, -0.25) is 19.2 Å². The van der Waals surface area contributed by atoms with Crippen molar-refractivity contribution in [1.29, 1.82) is 0 Å². The highest BCUT2D eigenvalue weighted by Crippen LogP contribution is 2.30. The van der Waals surface area contributed by atoms with E-state index in [2.05, 4.69) is 0 Å². The molecule has 0 aliphatic heterocycles. The fraction of sp³-hybridized carbons (Fsp3) is 0.600. The summed E-state index contributed by atoms with van der Waals surface area (Å²) in [6.07, 6.45) is 2.32. The highest BCUT2D eigenvalue weighted by Gasteiger charge is 2.24. The first-order chi connectivity index (χ1) is 16.1. The van der Waals surface area contributed by atoms with E-state index in [-0.39, 0.29) is 30.8 Å². The Hall–Kier alpha value is -2.94. The highest BCUT2D eigenvalue weighted by atomic mass is 16.6. The van der Waals surface area contributed by atoms with Gasteiger partial charge in [0.15, 0.2) is 11.5 Å². The van der Waals surface area contributed by atoms with E-state index in [1.54, 1.807) is 19.9 Å². The molecule has 0 spiro atoms. The van der Waals surface area contributed by atoms with Crippen LogP contribution in [0.15, 0.2) is 18.2 Å². The molecule has 0 radical (unpaired) electrons. The van der Waals surface area contributed by atoms with Crippen molar-refractivity contribution >= 4 is 23.9 Å². The summed E-state index contributed by atoms with van der Waals surface area (Å²) in [5.41, 5.74) is 6.61. The van der Waals surface area contributed by atoms with Crippen molar-refractivity contribution < 1.29 is 38.1 Å². The molecule has 3 atom stereocenters. The Morgan fingerprint density at radius 2 is 1.38 bits per heavy atom. The van der Waals surface area contributed by atoms with Gasteiger partial charge in [-0.2, -0.15) is 0 Å². The first-order valence-corrected chi connectivity index (χ1v) is 11.7. The van der Waals surface area contributed by atoms with E-state index >= 15 is 0 Å². The van der Waals surface area contributed by atoms with Crippen LogP contribution in [-0.2, 0) is 35.1 Å². The maximum absolute atomic E-state index is 12.4. The molecule has 9 heteroatoms. The molecule has 1 unspecified atom stereocenters. The first-order valence-electron chi connectivity index (χ1n) is 11.7. The Morgan fingerprint density at radius 1 is 0.853 bits per heavy atom. The van der Waals surface area contributed by atoms with Gasteiger partial charge in [0, 0.05) is 19.8 Å². The minimum Gasteiger partial charge on any atom is -0.459 e. The largest absolute Gasteiger partial charge is 0.459 e. The van der Waals surface area contributed by atoms with Crippen LogP contribution in [0.4, 0.5) is 0 Å². The summed E-state index contributed by atoms with van der Waals surface area (Å²) in [7, 11) is 0. The van der Waals surface area contributed by atoms with Gasteiger partial charge in [0.1, 0.15) is 18.2 Å². The zero-order chi connectivity index (χ0) is 25.7. The number of nitrogens with two attached hydrogens (primary N) is 1. The molecule has 0 aliphatic rings. The molecule has 9 nitrogen and oxygen atoms in total. The highest BCUT2D eigenvalue weighted by molar-refractivity contribution is 5.77. The number of ether oxygens (including phenoxy) is 4. The van der Waals surface area contributed by atoms with Crippen LogP contribution in [0.5, 0.6) is 11.5 Å². The summed E-state index contributed by atoms with van der Waals surface area (Å²) < 4.78 is 21.2. The lowest BCUT2D eigenvalue weighted by molar-refractivity contribution is -0.164. The second-order valence-corrected chi connectivity index (χ2v) is 8.20. The first kappa shape index (κ1) is 29.1. The minimum atomic E-state index is -1.01. The lowest BCUT2D eigenvalue weighted by atomic mass is 10.1. The number of carbonyl (C=O) groups is 4. The van der Waals surface area contributed by atoms with Gasteiger partial charge in [0.05, 0.1) is 0 Å². The van der Waals surface area contributed by atoms with E-state index in [1.807, 2.05) is 13.8 Å². The SMILES string of the molecule is CCCCC(=O)Oc1ccc(C[C@H](N)C(=O)O[C@@H](C)C(C)OC(C)=O)cc1OC(=O)CCCC. The smallest absolute Gasteiger partial charge is 0.323 e. The third-order valence-electron chi connectivity index (χ3n) is 5.00. The maximum Gasteiger partial charge on any atom is 0.323 e. The molecule has 0 bridgehead atoms. The number of esters is 4. The molecule has 1 aromatic carbocycles. The van der Waals surface area contributed by atoms with E-state index in [9.17, 15) is 19.2 Å². The second kappa shape index (κ2) is 15.1. The predicted molar refractivity (Wildman–Crippen MR) is 125 cm³/mol. The predicted octanol–water partition coefficient (Wildman–Crippen LogP) is 3.63. The van der Waals surface area contributed by atoms with Crippen molar-refractivity contribution in [2.45, 2.75) is 97.8 Å². The molecular weight excluding hydrogens is 442 g/mol. The Bertz CT molecular complexity index is 838. The fourth-order valence-electron chi connectivity index (χ4n) is 2.89. The van der Waals surface area contributed by atoms with E-state index < -0.39 is 42.1 Å². The zero-order valence-corrected chi connectivity index (χ0v) is 20.8. The van der Waals surface area contributed by atoms with E-state index in [4.69, 9.17) is 24.7 Å². The van der Waals surface area contributed by atoms with Crippen molar-refractivity contribution in [3.63, 3.8) is 0 Å². The van der Waals surface area contributed by atoms with Crippen LogP contribution >= 0.6 is 0 Å². The molecule has 0 fully saturated rings. The maximum atomic E-state index is 12.4. The molecule has 0 saturated heterocycles. The molecule has 0 aliphatic carbocycles. The van der Waals surface area contributed by atoms with E-state index in [1.165, 1.54) is 19.1 Å². The van der Waals surface area contributed by atoms with Gasteiger partial charge in [-0.05, 0) is 50.8 Å². The molecule has 0 aromatic heterocycles. The van der Waals surface area contributed by atoms with Crippen LogP contribution < -0.4 is 15.2 Å². The third-order valence-corrected chi connectivity index (χ3v) is 5.00. The Morgan fingerprint density at radius 3 is 1.91 bits per heavy atom. The van der Waals surface area contributed by atoms with Crippen molar-refractivity contribution in [1.82, 2.24) is 0 Å². The summed E-state index contributed by atoms with van der Waals surface area (Å²) in [4.78, 5) is 47.7. The van der Waals surface area contributed by atoms with Gasteiger partial charge in [-0.15, -0.1) is 0 Å². The average molecular weight is 480 g/mol. The van der Waals surface area contributed by atoms with Gasteiger partial charge < -0.3 is 24.7 Å². The molecule has 1 rings (SSSR count). The number of hydrogen-bond acceptors (Lipinski definition) is 9. The Kier molecular flexibility index (Phi) is 12.9. The van der Waals surface area contributed by atoms with Gasteiger partial charge in [-0.1, -0.05) is 32.8 Å². The molecule has 34 heavy (non-hydrogen) atoms. The standard InChI is InChI=1S/C25H37NO8/c1-6-8-10-23(28)33-21-13-12-19(15-22(21)34-24(29)11-9-7-2)14-20(26)25(30)32-17(4)16(3)31-18(5)27/h12-13,15-17,20H,6-11,14,26H2,1-5H3/t16?,17-,20-/m0/s1. The van der Waals surface area contributed by atoms with Crippen LogP contribution in [0.25, 0.3) is 0 Å². The zero-order valence-electron chi connectivity index (χ0n) is 20.8. The van der Waals surface area contributed by atoms with Gasteiger partial charge >= 0.3 is 23.9 Å². The number of benzene rings is 1. The third kappa shape index (κ3) is 10.8. The summed E-state index contributed by atoms with van der Waals surface area (Å²) in [6, 6.07) is 3.69. The quantitative estimate of drug-likeness (QED) is 0.314. The van der Waals surface area contributed by atoms with Gasteiger partial charge in [0.25, 0.3) is 0 Å². The van der Waals surface area contributed by atoms with Crippen LogP contribution in [0.3, 0.4) is 0 Å². The molecule has 0 amide bonds. The van der Waals surface area contributed by atoms with Crippen molar-refractivity contribution in [2.24, 2.45) is 5.73 Å². The number of carbonyl (C=O) groups excluding carboxylic acids is 4. The topological polar surface area (TPSA) is 131 Å². The molecule has 1 aromatic rings. The lowest BCUT2D eigenvalue weighted by Gasteiger charge is -2.22. The summed E-state index contributed by atoms with van der Waals surface area (Å²) in [5.74, 6) is -1.77. The van der Waals surface area contributed by atoms with Crippen molar-refractivity contribution in [3.05, 3.63) is 23.8 Å². The van der Waals surface area contributed by atoms with Crippen LogP contribution in [-0.4, -0.2) is 42.1 Å². The van der Waals surface area contributed by atoms with Crippen LogP contribution in [0.1, 0.15) is 78.7 Å². The normalized spacial score (nSPS) is 13.4. The Balaban J connectivity index is 2.93. The minimum absolute atomic E-state index is 0.0943. The van der Waals surface area contributed by atoms with E-state index in [0.717, 1.165) is 12.8 Å². The molecular formula is C25H37NO8. The number of hydrogen-bond donors (Lipinski definition) is 1. The molecule has 0 heterocycles. The number of unbranched alkanes of at least 4 members (excludes halogenated alkanes) is 2. The van der Waals surface area contributed by atoms with Crippen molar-refractivity contribution in [2.75, 3.05) is 0 Å².